The molecule has 2 aromatic heterocycles. The highest BCUT2D eigenvalue weighted by atomic mass is 32.1. The summed E-state index contributed by atoms with van der Waals surface area (Å²) >= 11 is 1.80. The van der Waals surface area contributed by atoms with Gasteiger partial charge in [0.25, 0.3) is 0 Å². The van der Waals surface area contributed by atoms with Gasteiger partial charge in [0.05, 0.1) is 6.54 Å². The quantitative estimate of drug-likeness (QED) is 0.792. The minimum absolute atomic E-state index is 0.602. The van der Waals surface area contributed by atoms with Gasteiger partial charge in [-0.15, -0.1) is 11.3 Å². The largest absolute Gasteiger partial charge is 0.330 e. The number of hydrogen-bond donors (Lipinski definition) is 1. The van der Waals surface area contributed by atoms with E-state index in [1.54, 1.807) is 11.3 Å². The third kappa shape index (κ3) is 2.17. The molecule has 0 aliphatic heterocycles. The number of nitrogens with two attached hydrogens (primary N) is 1. The molecule has 0 spiro atoms. The van der Waals surface area contributed by atoms with Gasteiger partial charge < -0.3 is 10.3 Å². The van der Waals surface area contributed by atoms with Gasteiger partial charge in [0.15, 0.2) is 0 Å². The Labute approximate surface area is 116 Å². The summed E-state index contributed by atoms with van der Waals surface area (Å²) in [7, 11) is 0. The van der Waals surface area contributed by atoms with E-state index in [-0.39, 0.29) is 0 Å². The van der Waals surface area contributed by atoms with Crippen LogP contribution in [0.2, 0.25) is 0 Å². The van der Waals surface area contributed by atoms with Gasteiger partial charge >= 0.3 is 0 Å². The zero-order valence-corrected chi connectivity index (χ0v) is 11.8. The third-order valence-corrected chi connectivity index (χ3v) is 4.65. The smallest absolute Gasteiger partial charge is 0.108 e. The molecule has 3 rings (SSSR count). The number of aromatic nitrogens is 2. The molecule has 3 aromatic rings. The molecule has 0 bridgehead atoms. The van der Waals surface area contributed by atoms with Crippen LogP contribution in [0.1, 0.15) is 23.2 Å². The lowest BCUT2D eigenvalue weighted by molar-refractivity contribution is 0.732. The normalized spacial score (nSPS) is 11.3. The number of rotatable bonds is 4. The summed E-state index contributed by atoms with van der Waals surface area (Å²) in [5.74, 6) is 1.12. The highest BCUT2D eigenvalue weighted by molar-refractivity contribution is 7.19. The van der Waals surface area contributed by atoms with Gasteiger partial charge in [0.2, 0.25) is 0 Å². The third-order valence-electron chi connectivity index (χ3n) is 3.41. The van der Waals surface area contributed by atoms with Gasteiger partial charge in [-0.1, -0.05) is 25.1 Å². The minimum Gasteiger partial charge on any atom is -0.330 e. The first-order valence-electron chi connectivity index (χ1n) is 6.52. The molecule has 2 N–H and O–H groups in total. The lowest BCUT2D eigenvalue weighted by Gasteiger charge is -2.07. The Balaban J connectivity index is 2.09. The van der Waals surface area contributed by atoms with Gasteiger partial charge in [-0.05, 0) is 17.0 Å². The van der Waals surface area contributed by atoms with Crippen molar-refractivity contribution in [3.63, 3.8) is 0 Å². The predicted molar refractivity (Wildman–Crippen MR) is 80.4 cm³/mol. The average molecular weight is 271 g/mol. The van der Waals surface area contributed by atoms with Gasteiger partial charge in [-0.3, -0.25) is 0 Å². The SMILES string of the molecule is CCc1nccn1Cc1c(CN)sc2ccccc12. The number of thiophene rings is 1. The van der Waals surface area contributed by atoms with Gasteiger partial charge in [-0.2, -0.15) is 0 Å². The zero-order valence-electron chi connectivity index (χ0n) is 11.0. The molecule has 98 valence electrons. The molecule has 4 heteroatoms. The number of imidazole rings is 1. The van der Waals surface area contributed by atoms with Crippen molar-refractivity contribution >= 4 is 21.4 Å². The van der Waals surface area contributed by atoms with Crippen LogP contribution in [-0.2, 0) is 19.5 Å². The van der Waals surface area contributed by atoms with E-state index in [2.05, 4.69) is 40.7 Å². The first-order chi connectivity index (χ1) is 9.33. The fraction of sp³-hybridized carbons (Fsp3) is 0.267. The highest BCUT2D eigenvalue weighted by Gasteiger charge is 2.12. The molecular formula is C15H17N3S. The van der Waals surface area contributed by atoms with E-state index in [1.165, 1.54) is 20.5 Å². The van der Waals surface area contributed by atoms with Crippen molar-refractivity contribution < 1.29 is 0 Å². The maximum Gasteiger partial charge on any atom is 0.108 e. The Morgan fingerprint density at radius 3 is 2.95 bits per heavy atom. The van der Waals surface area contributed by atoms with Gasteiger partial charge in [0, 0.05) is 34.9 Å². The van der Waals surface area contributed by atoms with Crippen LogP contribution < -0.4 is 5.73 Å². The summed E-state index contributed by atoms with van der Waals surface area (Å²) in [6.07, 6.45) is 4.87. The van der Waals surface area contributed by atoms with Crippen molar-refractivity contribution in [1.29, 1.82) is 0 Å². The van der Waals surface area contributed by atoms with Gasteiger partial charge in [-0.25, -0.2) is 4.98 Å². The van der Waals surface area contributed by atoms with Crippen LogP contribution in [0.25, 0.3) is 10.1 Å². The van der Waals surface area contributed by atoms with Crippen LogP contribution in [0.4, 0.5) is 0 Å². The lowest BCUT2D eigenvalue weighted by Crippen LogP contribution is -2.06. The van der Waals surface area contributed by atoms with Crippen LogP contribution in [0.3, 0.4) is 0 Å². The molecule has 0 saturated heterocycles. The average Bonchev–Trinajstić information content (AvgIpc) is 3.04. The predicted octanol–water partition coefficient (Wildman–Crippen LogP) is 3.17. The van der Waals surface area contributed by atoms with Crippen molar-refractivity contribution in [3.8, 4) is 0 Å². The first kappa shape index (κ1) is 12.4. The maximum absolute atomic E-state index is 5.90. The van der Waals surface area contributed by atoms with Crippen LogP contribution >= 0.6 is 11.3 Å². The Hall–Kier alpha value is -1.65. The molecule has 0 aliphatic carbocycles. The van der Waals surface area contributed by atoms with Crippen molar-refractivity contribution in [2.24, 2.45) is 5.73 Å². The molecular weight excluding hydrogens is 254 g/mol. The van der Waals surface area contributed by atoms with Crippen molar-refractivity contribution in [1.82, 2.24) is 9.55 Å². The minimum atomic E-state index is 0.602. The van der Waals surface area contributed by atoms with E-state index in [0.29, 0.717) is 6.54 Å². The molecule has 0 fully saturated rings. The van der Waals surface area contributed by atoms with Crippen LogP contribution in [0.15, 0.2) is 36.7 Å². The molecule has 0 radical (unpaired) electrons. The van der Waals surface area contributed by atoms with E-state index in [0.717, 1.165) is 18.8 Å². The summed E-state index contributed by atoms with van der Waals surface area (Å²) in [6, 6.07) is 8.52. The second-order valence-corrected chi connectivity index (χ2v) is 5.67. The molecule has 3 nitrogen and oxygen atoms in total. The topological polar surface area (TPSA) is 43.8 Å². The fourth-order valence-corrected chi connectivity index (χ4v) is 3.55. The lowest BCUT2D eigenvalue weighted by atomic mass is 10.1. The molecule has 0 saturated carbocycles. The number of aryl methyl sites for hydroxylation is 1. The van der Waals surface area contributed by atoms with Crippen LogP contribution in [-0.4, -0.2) is 9.55 Å². The molecule has 19 heavy (non-hydrogen) atoms. The summed E-state index contributed by atoms with van der Waals surface area (Å²) in [5.41, 5.74) is 7.24. The molecule has 0 atom stereocenters. The first-order valence-corrected chi connectivity index (χ1v) is 7.34. The molecule has 0 aliphatic rings. The van der Waals surface area contributed by atoms with E-state index >= 15 is 0 Å². The Morgan fingerprint density at radius 1 is 1.32 bits per heavy atom. The van der Waals surface area contributed by atoms with E-state index < -0.39 is 0 Å². The number of fused-ring (bicyclic) bond motifs is 1. The second-order valence-electron chi connectivity index (χ2n) is 4.53. The van der Waals surface area contributed by atoms with Crippen LogP contribution in [0, 0.1) is 0 Å². The van der Waals surface area contributed by atoms with Crippen molar-refractivity contribution in [2.75, 3.05) is 0 Å². The summed E-state index contributed by atoms with van der Waals surface area (Å²) < 4.78 is 3.53. The number of nitrogens with zero attached hydrogens (tertiary/aromatic N) is 2. The monoisotopic (exact) mass is 271 g/mol. The molecule has 0 unspecified atom stereocenters. The molecule has 0 amide bonds. The summed E-state index contributed by atoms with van der Waals surface area (Å²) in [5, 5.41) is 1.32. The fourth-order valence-electron chi connectivity index (χ4n) is 2.46. The Morgan fingerprint density at radius 2 is 2.16 bits per heavy atom. The Kier molecular flexibility index (Phi) is 3.36. The van der Waals surface area contributed by atoms with E-state index in [4.69, 9.17) is 5.73 Å². The number of hydrogen-bond acceptors (Lipinski definition) is 3. The summed E-state index contributed by atoms with van der Waals surface area (Å²) in [6.45, 7) is 3.60. The van der Waals surface area contributed by atoms with Gasteiger partial charge in [0.1, 0.15) is 5.82 Å². The van der Waals surface area contributed by atoms with Crippen molar-refractivity contribution in [3.05, 3.63) is 52.9 Å². The van der Waals surface area contributed by atoms with E-state index in [9.17, 15) is 0 Å². The highest BCUT2D eigenvalue weighted by Crippen LogP contribution is 2.31. The zero-order chi connectivity index (χ0) is 13.2. The molecule has 1 aromatic carbocycles. The van der Waals surface area contributed by atoms with Crippen LogP contribution in [0.5, 0.6) is 0 Å². The second kappa shape index (κ2) is 5.15. The molecule has 2 heterocycles. The Bertz CT molecular complexity index is 696. The standard InChI is InChI=1S/C15H17N3S/c1-2-15-17-7-8-18(15)10-12-11-5-3-4-6-13(11)19-14(12)9-16/h3-8H,2,9-10,16H2,1H3. The maximum atomic E-state index is 5.90. The summed E-state index contributed by atoms with van der Waals surface area (Å²) in [4.78, 5) is 5.66. The van der Waals surface area contributed by atoms with E-state index in [1.807, 2.05) is 12.4 Å². The van der Waals surface area contributed by atoms with Crippen molar-refractivity contribution in [2.45, 2.75) is 26.4 Å². The number of benzene rings is 1.